The lowest BCUT2D eigenvalue weighted by atomic mass is 10.1. The highest BCUT2D eigenvalue weighted by Crippen LogP contribution is 2.34. The Balaban J connectivity index is 1.75. The van der Waals surface area contributed by atoms with E-state index in [1.165, 1.54) is 0 Å². The molecule has 0 spiro atoms. The van der Waals surface area contributed by atoms with Crippen LogP contribution in [0.15, 0.2) is 36.4 Å². The van der Waals surface area contributed by atoms with Crippen molar-refractivity contribution < 1.29 is 23.7 Å². The second-order valence-corrected chi connectivity index (χ2v) is 6.81. The molecule has 150 valence electrons. The molecular formula is C19H15Cl2N3O5. The van der Waals surface area contributed by atoms with E-state index in [1.807, 2.05) is 0 Å². The van der Waals surface area contributed by atoms with Gasteiger partial charge in [-0.3, -0.25) is 4.79 Å². The topological polar surface area (TPSA) is 84.7 Å². The quantitative estimate of drug-likeness (QED) is 0.545. The molecule has 3 aromatic rings. The van der Waals surface area contributed by atoms with Gasteiger partial charge in [0.2, 0.25) is 6.79 Å². The number of nitrogens with zero attached hydrogens (tertiary/aromatic N) is 3. The number of aromatic nitrogens is 3. The smallest absolute Gasteiger partial charge is 0.336 e. The summed E-state index contributed by atoms with van der Waals surface area (Å²) in [6.07, 6.45) is 0. The number of rotatable bonds is 6. The van der Waals surface area contributed by atoms with Crippen LogP contribution in [0.3, 0.4) is 0 Å². The number of benzene rings is 2. The van der Waals surface area contributed by atoms with Gasteiger partial charge in [-0.25, -0.2) is 0 Å². The third-order valence-electron chi connectivity index (χ3n) is 4.09. The maximum atomic E-state index is 13.2. The molecule has 29 heavy (non-hydrogen) atoms. The standard InChI is InChI=1S/C19H15Cl2N3O5/c1-26-6-7-27-19-22-17(13-4-3-12(20)9-14(13)21)24(23-19)18(25)11-2-5-15-16(8-11)29-10-28-15/h2-5,8-9H,6-7,10H2,1H3. The van der Waals surface area contributed by atoms with Gasteiger partial charge in [0.05, 0.1) is 11.6 Å². The lowest BCUT2D eigenvalue weighted by molar-refractivity contribution is 0.0942. The van der Waals surface area contributed by atoms with Gasteiger partial charge in [0, 0.05) is 23.3 Å². The molecule has 0 fully saturated rings. The summed E-state index contributed by atoms with van der Waals surface area (Å²) >= 11 is 12.3. The van der Waals surface area contributed by atoms with Crippen molar-refractivity contribution in [1.29, 1.82) is 0 Å². The molecule has 0 amide bonds. The number of hydrogen-bond donors (Lipinski definition) is 0. The van der Waals surface area contributed by atoms with Gasteiger partial charge in [-0.05, 0) is 36.4 Å². The Hall–Kier alpha value is -2.81. The van der Waals surface area contributed by atoms with E-state index in [0.717, 1.165) is 4.68 Å². The molecular weight excluding hydrogens is 421 g/mol. The zero-order valence-electron chi connectivity index (χ0n) is 15.2. The first-order valence-corrected chi connectivity index (χ1v) is 9.31. The minimum Gasteiger partial charge on any atom is -0.460 e. The first kappa shape index (κ1) is 19.5. The van der Waals surface area contributed by atoms with Crippen molar-refractivity contribution in [2.24, 2.45) is 0 Å². The van der Waals surface area contributed by atoms with Crippen LogP contribution in [0.4, 0.5) is 0 Å². The van der Waals surface area contributed by atoms with Crippen molar-refractivity contribution >= 4 is 29.1 Å². The predicted molar refractivity (Wildman–Crippen MR) is 105 cm³/mol. The predicted octanol–water partition coefficient (Wildman–Crippen LogP) is 3.69. The molecule has 8 nitrogen and oxygen atoms in total. The van der Waals surface area contributed by atoms with E-state index < -0.39 is 5.91 Å². The molecule has 2 heterocycles. The highest BCUT2D eigenvalue weighted by molar-refractivity contribution is 6.36. The Labute approximate surface area is 175 Å². The molecule has 0 bridgehead atoms. The van der Waals surface area contributed by atoms with Crippen molar-refractivity contribution in [2.75, 3.05) is 27.1 Å². The third kappa shape index (κ3) is 4.00. The van der Waals surface area contributed by atoms with Gasteiger partial charge in [-0.15, -0.1) is 5.10 Å². The van der Waals surface area contributed by atoms with Crippen LogP contribution in [0.25, 0.3) is 11.4 Å². The fraction of sp³-hybridized carbons (Fsp3) is 0.211. The highest BCUT2D eigenvalue weighted by Gasteiger charge is 2.24. The Morgan fingerprint density at radius 3 is 2.76 bits per heavy atom. The maximum absolute atomic E-state index is 13.2. The van der Waals surface area contributed by atoms with E-state index in [-0.39, 0.29) is 25.2 Å². The van der Waals surface area contributed by atoms with E-state index >= 15 is 0 Å². The highest BCUT2D eigenvalue weighted by atomic mass is 35.5. The number of hydrogen-bond acceptors (Lipinski definition) is 7. The number of carbonyl (C=O) groups excluding carboxylic acids is 1. The van der Waals surface area contributed by atoms with E-state index in [2.05, 4.69) is 10.1 Å². The molecule has 0 saturated carbocycles. The number of ether oxygens (including phenoxy) is 4. The monoisotopic (exact) mass is 435 g/mol. The van der Waals surface area contributed by atoms with Crippen LogP contribution in [-0.2, 0) is 4.74 Å². The van der Waals surface area contributed by atoms with E-state index in [0.29, 0.717) is 39.3 Å². The van der Waals surface area contributed by atoms with Gasteiger partial charge in [0.25, 0.3) is 5.91 Å². The van der Waals surface area contributed by atoms with Crippen molar-refractivity contribution in [3.05, 3.63) is 52.0 Å². The average Bonchev–Trinajstić information content (AvgIpc) is 3.34. The summed E-state index contributed by atoms with van der Waals surface area (Å²) in [6, 6.07) is 9.78. The molecule has 10 heteroatoms. The Bertz CT molecular complexity index is 1070. The molecule has 0 aliphatic carbocycles. The molecule has 0 atom stereocenters. The van der Waals surface area contributed by atoms with Crippen LogP contribution in [0.5, 0.6) is 17.5 Å². The summed E-state index contributed by atoms with van der Waals surface area (Å²) in [4.78, 5) is 17.5. The fourth-order valence-electron chi connectivity index (χ4n) is 2.71. The van der Waals surface area contributed by atoms with Crippen LogP contribution in [-0.4, -0.2) is 47.8 Å². The van der Waals surface area contributed by atoms with Gasteiger partial charge >= 0.3 is 6.01 Å². The summed E-state index contributed by atoms with van der Waals surface area (Å²) in [5.41, 5.74) is 0.827. The van der Waals surface area contributed by atoms with Gasteiger partial charge in [-0.2, -0.15) is 9.67 Å². The Kier molecular flexibility index (Phi) is 5.57. The molecule has 0 unspecified atom stereocenters. The van der Waals surface area contributed by atoms with Crippen LogP contribution in [0, 0.1) is 0 Å². The SMILES string of the molecule is COCCOc1nc(-c2ccc(Cl)cc2Cl)n(C(=O)c2ccc3c(c2)OCO3)n1. The number of fused-ring (bicyclic) bond motifs is 1. The summed E-state index contributed by atoms with van der Waals surface area (Å²) in [7, 11) is 1.55. The Morgan fingerprint density at radius 2 is 1.97 bits per heavy atom. The van der Waals surface area contributed by atoms with Crippen molar-refractivity contribution in [3.63, 3.8) is 0 Å². The van der Waals surface area contributed by atoms with Crippen molar-refractivity contribution in [1.82, 2.24) is 14.8 Å². The van der Waals surface area contributed by atoms with E-state index in [1.54, 1.807) is 43.5 Å². The van der Waals surface area contributed by atoms with Crippen LogP contribution < -0.4 is 14.2 Å². The van der Waals surface area contributed by atoms with Crippen LogP contribution in [0.1, 0.15) is 10.4 Å². The molecule has 0 N–H and O–H groups in total. The lowest BCUT2D eigenvalue weighted by Gasteiger charge is -2.07. The molecule has 2 aromatic carbocycles. The zero-order valence-corrected chi connectivity index (χ0v) is 16.7. The number of carbonyl (C=O) groups is 1. The van der Waals surface area contributed by atoms with Crippen LogP contribution in [0.2, 0.25) is 10.0 Å². The second kappa shape index (κ2) is 8.28. The molecule has 4 rings (SSSR count). The van der Waals surface area contributed by atoms with E-state index in [4.69, 9.17) is 42.1 Å². The molecule has 1 aromatic heterocycles. The zero-order chi connectivity index (χ0) is 20.4. The minimum absolute atomic E-state index is 0.0251. The van der Waals surface area contributed by atoms with Crippen LogP contribution >= 0.6 is 23.2 Å². The molecule has 0 radical (unpaired) electrons. The summed E-state index contributed by atoms with van der Waals surface area (Å²) in [5, 5.41) is 4.99. The first-order valence-electron chi connectivity index (χ1n) is 8.55. The summed E-state index contributed by atoms with van der Waals surface area (Å²) in [6.45, 7) is 0.688. The van der Waals surface area contributed by atoms with E-state index in [9.17, 15) is 4.79 Å². The number of methoxy groups -OCH3 is 1. The Morgan fingerprint density at radius 1 is 1.14 bits per heavy atom. The van der Waals surface area contributed by atoms with Gasteiger partial charge in [0.1, 0.15) is 6.61 Å². The van der Waals surface area contributed by atoms with Crippen molar-refractivity contribution in [2.45, 2.75) is 0 Å². The van der Waals surface area contributed by atoms with Crippen molar-refractivity contribution in [3.8, 4) is 28.9 Å². The largest absolute Gasteiger partial charge is 0.460 e. The average molecular weight is 436 g/mol. The molecule has 0 saturated heterocycles. The maximum Gasteiger partial charge on any atom is 0.336 e. The van der Waals surface area contributed by atoms with Gasteiger partial charge in [-0.1, -0.05) is 23.2 Å². The third-order valence-corrected chi connectivity index (χ3v) is 4.64. The number of halogens is 2. The summed E-state index contributed by atoms with van der Waals surface area (Å²) < 4.78 is 22.2. The molecule has 1 aliphatic heterocycles. The summed E-state index contributed by atoms with van der Waals surface area (Å²) in [5.74, 6) is 0.850. The normalized spacial score (nSPS) is 12.2. The minimum atomic E-state index is -0.432. The van der Waals surface area contributed by atoms with Gasteiger partial charge < -0.3 is 18.9 Å². The fourth-order valence-corrected chi connectivity index (χ4v) is 3.20. The lowest BCUT2D eigenvalue weighted by Crippen LogP contribution is -2.15. The van der Waals surface area contributed by atoms with Gasteiger partial charge in [0.15, 0.2) is 17.3 Å². The molecule has 1 aliphatic rings. The first-order chi connectivity index (χ1) is 14.1. The second-order valence-electron chi connectivity index (χ2n) is 5.97.